The highest BCUT2D eigenvalue weighted by atomic mass is 16.6. The maximum absolute atomic E-state index is 12.0. The lowest BCUT2D eigenvalue weighted by Gasteiger charge is -2.33. The summed E-state index contributed by atoms with van der Waals surface area (Å²) in [6.07, 6.45) is 2.68. The number of piperidine rings is 1. The van der Waals surface area contributed by atoms with Gasteiger partial charge in [-0.05, 0) is 20.8 Å². The van der Waals surface area contributed by atoms with E-state index in [-0.39, 0.29) is 12.2 Å². The van der Waals surface area contributed by atoms with Crippen LogP contribution in [-0.2, 0) is 4.74 Å². The van der Waals surface area contributed by atoms with Gasteiger partial charge in [0.25, 0.3) is 5.88 Å². The first-order valence-electron chi connectivity index (χ1n) is 7.72. The van der Waals surface area contributed by atoms with Crippen LogP contribution in [-0.4, -0.2) is 47.9 Å². The highest BCUT2D eigenvalue weighted by molar-refractivity contribution is 5.68. The molecule has 128 valence electrons. The predicted molar refractivity (Wildman–Crippen MR) is 86.7 cm³/mol. The van der Waals surface area contributed by atoms with Crippen LogP contribution in [0.3, 0.4) is 0 Å². The highest BCUT2D eigenvalue weighted by Crippen LogP contribution is 2.28. The van der Waals surface area contributed by atoms with Crippen molar-refractivity contribution in [2.75, 3.05) is 25.9 Å². The predicted octanol–water partition coefficient (Wildman–Crippen LogP) is 2.45. The van der Waals surface area contributed by atoms with Crippen LogP contribution in [0.5, 0.6) is 11.6 Å². The first-order valence-corrected chi connectivity index (χ1v) is 7.72. The van der Waals surface area contributed by atoms with Crippen molar-refractivity contribution in [3.8, 4) is 11.6 Å². The number of anilines is 1. The van der Waals surface area contributed by atoms with Crippen molar-refractivity contribution in [2.24, 2.45) is 0 Å². The van der Waals surface area contributed by atoms with Crippen molar-refractivity contribution in [3.63, 3.8) is 0 Å². The number of pyridine rings is 1. The van der Waals surface area contributed by atoms with Gasteiger partial charge >= 0.3 is 6.09 Å². The number of ether oxygens (including phenoxy) is 3. The van der Waals surface area contributed by atoms with E-state index in [1.165, 1.54) is 6.20 Å². The van der Waals surface area contributed by atoms with Crippen LogP contribution in [0.15, 0.2) is 12.3 Å². The maximum atomic E-state index is 12.0. The lowest BCUT2D eigenvalue weighted by Crippen LogP contribution is -2.44. The van der Waals surface area contributed by atoms with E-state index in [2.05, 4.69) is 4.98 Å². The Bertz CT molecular complexity index is 549. The summed E-state index contributed by atoms with van der Waals surface area (Å²) in [5.74, 6) is 0.942. The standard InChI is InChI=1S/C16H25N3O4/c1-16(2,3)23-15(20)19-7-5-12(6-8-19)22-14-13(21-4)9-11(17)10-18-14/h9-10,12H,5-8,17H2,1-4H3. The Morgan fingerprint density at radius 1 is 1.35 bits per heavy atom. The Morgan fingerprint density at radius 3 is 2.57 bits per heavy atom. The van der Waals surface area contributed by atoms with E-state index in [0.717, 1.165) is 0 Å². The highest BCUT2D eigenvalue weighted by Gasteiger charge is 2.28. The van der Waals surface area contributed by atoms with Gasteiger partial charge in [0.05, 0.1) is 19.0 Å². The molecule has 7 nitrogen and oxygen atoms in total. The molecule has 1 aliphatic rings. The molecule has 1 fully saturated rings. The molecule has 2 heterocycles. The Balaban J connectivity index is 1.89. The van der Waals surface area contributed by atoms with Gasteiger partial charge in [-0.15, -0.1) is 0 Å². The first-order chi connectivity index (χ1) is 10.8. The van der Waals surface area contributed by atoms with Gasteiger partial charge in [-0.3, -0.25) is 0 Å². The van der Waals surface area contributed by atoms with Gasteiger partial charge in [0.2, 0.25) is 0 Å². The summed E-state index contributed by atoms with van der Waals surface area (Å²) >= 11 is 0. The number of carbonyl (C=O) groups is 1. The number of carbonyl (C=O) groups excluding carboxylic acids is 1. The minimum Gasteiger partial charge on any atom is -0.491 e. The molecule has 1 amide bonds. The van der Waals surface area contributed by atoms with Crippen LogP contribution in [0.1, 0.15) is 33.6 Å². The monoisotopic (exact) mass is 323 g/mol. The van der Waals surface area contributed by atoms with Crippen LogP contribution in [0.2, 0.25) is 0 Å². The number of rotatable bonds is 3. The number of hydrogen-bond acceptors (Lipinski definition) is 6. The quantitative estimate of drug-likeness (QED) is 0.919. The molecule has 7 heteroatoms. The number of nitrogens with zero attached hydrogens (tertiary/aromatic N) is 2. The number of methoxy groups -OCH3 is 1. The number of aromatic nitrogens is 1. The van der Waals surface area contributed by atoms with Gasteiger partial charge in [0, 0.05) is 32.0 Å². The zero-order chi connectivity index (χ0) is 17.0. The van der Waals surface area contributed by atoms with Crippen LogP contribution in [0.25, 0.3) is 0 Å². The average Bonchev–Trinajstić information content (AvgIpc) is 2.48. The van der Waals surface area contributed by atoms with E-state index in [1.54, 1.807) is 18.1 Å². The molecule has 0 spiro atoms. The minimum atomic E-state index is -0.480. The van der Waals surface area contributed by atoms with Crippen LogP contribution in [0.4, 0.5) is 10.5 Å². The zero-order valence-corrected chi connectivity index (χ0v) is 14.2. The van der Waals surface area contributed by atoms with Crippen molar-refractivity contribution < 1.29 is 19.0 Å². The smallest absolute Gasteiger partial charge is 0.410 e. The lowest BCUT2D eigenvalue weighted by atomic mass is 10.1. The molecule has 0 saturated carbocycles. The second kappa shape index (κ2) is 6.93. The molecule has 1 aromatic rings. The number of amides is 1. The molecule has 0 atom stereocenters. The van der Waals surface area contributed by atoms with Gasteiger partial charge in [-0.1, -0.05) is 0 Å². The van der Waals surface area contributed by atoms with E-state index >= 15 is 0 Å². The SMILES string of the molecule is COc1cc(N)cnc1OC1CCN(C(=O)OC(C)(C)C)CC1. The maximum Gasteiger partial charge on any atom is 0.410 e. The molecule has 1 aromatic heterocycles. The molecule has 23 heavy (non-hydrogen) atoms. The normalized spacial score (nSPS) is 16.1. The largest absolute Gasteiger partial charge is 0.491 e. The Labute approximate surface area is 136 Å². The van der Waals surface area contributed by atoms with Crippen molar-refractivity contribution in [3.05, 3.63) is 12.3 Å². The van der Waals surface area contributed by atoms with Crippen molar-refractivity contribution >= 4 is 11.8 Å². The fourth-order valence-corrected chi connectivity index (χ4v) is 2.32. The first kappa shape index (κ1) is 17.2. The molecule has 2 N–H and O–H groups in total. The molecular formula is C16H25N3O4. The number of nitrogen functional groups attached to an aromatic ring is 1. The molecule has 0 aromatic carbocycles. The topological polar surface area (TPSA) is 86.9 Å². The molecular weight excluding hydrogens is 298 g/mol. The summed E-state index contributed by atoms with van der Waals surface area (Å²) in [5, 5.41) is 0. The Hall–Kier alpha value is -2.18. The second-order valence-corrected chi connectivity index (χ2v) is 6.56. The number of likely N-dealkylation sites (tertiary alicyclic amines) is 1. The summed E-state index contributed by atoms with van der Waals surface area (Å²) in [7, 11) is 1.55. The third kappa shape index (κ3) is 4.91. The van der Waals surface area contributed by atoms with Gasteiger partial charge < -0.3 is 24.8 Å². The third-order valence-corrected chi connectivity index (χ3v) is 3.43. The summed E-state index contributed by atoms with van der Waals surface area (Å²) < 4.78 is 16.5. The molecule has 0 bridgehead atoms. The van der Waals surface area contributed by atoms with E-state index in [9.17, 15) is 4.79 Å². The Morgan fingerprint density at radius 2 is 2.00 bits per heavy atom. The van der Waals surface area contributed by atoms with Gasteiger partial charge in [0.1, 0.15) is 11.7 Å². The molecule has 1 saturated heterocycles. The summed E-state index contributed by atoms with van der Waals surface area (Å²) in [6, 6.07) is 1.68. The zero-order valence-electron chi connectivity index (χ0n) is 14.2. The van der Waals surface area contributed by atoms with E-state index in [4.69, 9.17) is 19.9 Å². The van der Waals surface area contributed by atoms with Gasteiger partial charge in [-0.25, -0.2) is 9.78 Å². The van der Waals surface area contributed by atoms with E-state index < -0.39 is 5.60 Å². The molecule has 0 unspecified atom stereocenters. The van der Waals surface area contributed by atoms with Crippen LogP contribution < -0.4 is 15.2 Å². The fourth-order valence-electron chi connectivity index (χ4n) is 2.32. The van der Waals surface area contributed by atoms with Crippen molar-refractivity contribution in [1.29, 1.82) is 0 Å². The fraction of sp³-hybridized carbons (Fsp3) is 0.625. The van der Waals surface area contributed by atoms with Crippen LogP contribution >= 0.6 is 0 Å². The van der Waals surface area contributed by atoms with Crippen molar-refractivity contribution in [2.45, 2.75) is 45.3 Å². The van der Waals surface area contributed by atoms with Crippen LogP contribution in [0, 0.1) is 0 Å². The number of hydrogen-bond donors (Lipinski definition) is 1. The van der Waals surface area contributed by atoms with E-state index in [0.29, 0.717) is 43.2 Å². The summed E-state index contributed by atoms with van der Waals surface area (Å²) in [4.78, 5) is 17.9. The number of nitrogens with two attached hydrogens (primary N) is 1. The van der Waals surface area contributed by atoms with E-state index in [1.807, 2.05) is 20.8 Å². The molecule has 1 aliphatic heterocycles. The average molecular weight is 323 g/mol. The lowest BCUT2D eigenvalue weighted by molar-refractivity contribution is 0.0120. The summed E-state index contributed by atoms with van der Waals surface area (Å²) in [5.41, 5.74) is 5.72. The summed E-state index contributed by atoms with van der Waals surface area (Å²) in [6.45, 7) is 6.77. The molecule has 0 radical (unpaired) electrons. The molecule has 0 aliphatic carbocycles. The third-order valence-electron chi connectivity index (χ3n) is 3.43. The van der Waals surface area contributed by atoms with Crippen molar-refractivity contribution in [1.82, 2.24) is 9.88 Å². The molecule has 2 rings (SSSR count). The van der Waals surface area contributed by atoms with Gasteiger partial charge in [0.15, 0.2) is 5.75 Å². The van der Waals surface area contributed by atoms with Gasteiger partial charge in [-0.2, -0.15) is 0 Å². The second-order valence-electron chi connectivity index (χ2n) is 6.56. The minimum absolute atomic E-state index is 0.0151. The Kier molecular flexibility index (Phi) is 5.18.